The Morgan fingerprint density at radius 1 is 1.25 bits per heavy atom. The summed E-state index contributed by atoms with van der Waals surface area (Å²) in [6.45, 7) is 12.6. The van der Waals surface area contributed by atoms with Gasteiger partial charge in [-0.15, -0.1) is 0 Å². The molecule has 20 heavy (non-hydrogen) atoms. The second-order valence-corrected chi connectivity index (χ2v) is 6.52. The second-order valence-electron chi connectivity index (χ2n) is 6.52. The molecule has 2 unspecified atom stereocenters. The molecule has 2 heteroatoms. The molecule has 1 aromatic carbocycles. The van der Waals surface area contributed by atoms with Gasteiger partial charge in [0.15, 0.2) is 0 Å². The molecule has 1 saturated heterocycles. The quantitative estimate of drug-likeness (QED) is 0.899. The molecule has 2 nitrogen and oxygen atoms in total. The first-order valence-electron chi connectivity index (χ1n) is 8.16. The molecule has 0 bridgehead atoms. The Morgan fingerprint density at radius 2 is 1.95 bits per heavy atom. The van der Waals surface area contributed by atoms with E-state index in [1.165, 1.54) is 30.5 Å². The third-order valence-corrected chi connectivity index (χ3v) is 4.60. The highest BCUT2D eigenvalue weighted by Gasteiger charge is 2.21. The molecule has 0 aliphatic carbocycles. The summed E-state index contributed by atoms with van der Waals surface area (Å²) in [7, 11) is 0. The van der Waals surface area contributed by atoms with Crippen LogP contribution in [0.2, 0.25) is 0 Å². The minimum Gasteiger partial charge on any atom is -0.313 e. The highest BCUT2D eigenvalue weighted by molar-refractivity contribution is 5.24. The zero-order valence-electron chi connectivity index (χ0n) is 13.5. The summed E-state index contributed by atoms with van der Waals surface area (Å²) in [4.78, 5) is 2.64. The smallest absolute Gasteiger partial charge is 0.0237 e. The molecule has 1 heterocycles. The number of hydrogen-bond donors (Lipinski definition) is 1. The Morgan fingerprint density at radius 3 is 2.55 bits per heavy atom. The lowest BCUT2D eigenvalue weighted by Crippen LogP contribution is -2.39. The predicted molar refractivity (Wildman–Crippen MR) is 87.1 cm³/mol. The van der Waals surface area contributed by atoms with E-state index in [0.717, 1.165) is 13.1 Å². The fourth-order valence-corrected chi connectivity index (χ4v) is 2.94. The first kappa shape index (κ1) is 15.5. The van der Waals surface area contributed by atoms with Gasteiger partial charge in [0.25, 0.3) is 0 Å². The molecule has 1 aliphatic heterocycles. The number of nitrogens with zero attached hydrogens (tertiary/aromatic N) is 1. The van der Waals surface area contributed by atoms with Crippen LogP contribution in [0.5, 0.6) is 0 Å². The van der Waals surface area contributed by atoms with Crippen LogP contribution in [-0.2, 0) is 6.54 Å². The van der Waals surface area contributed by atoms with Crippen LogP contribution in [0.15, 0.2) is 24.3 Å². The number of nitrogens with one attached hydrogen (secondary N) is 1. The van der Waals surface area contributed by atoms with Crippen molar-refractivity contribution in [2.24, 2.45) is 0 Å². The SMILES string of the molecule is CCC1CN(Cc2ccc(C(C)C)cc2)C(C)CCN1. The van der Waals surface area contributed by atoms with Crippen LogP contribution >= 0.6 is 0 Å². The molecule has 0 amide bonds. The highest BCUT2D eigenvalue weighted by atomic mass is 15.2. The summed E-state index contributed by atoms with van der Waals surface area (Å²) < 4.78 is 0. The van der Waals surface area contributed by atoms with E-state index in [9.17, 15) is 0 Å². The van der Waals surface area contributed by atoms with Gasteiger partial charge in [-0.1, -0.05) is 45.0 Å². The maximum atomic E-state index is 3.66. The van der Waals surface area contributed by atoms with E-state index >= 15 is 0 Å². The van der Waals surface area contributed by atoms with Crippen molar-refractivity contribution in [2.75, 3.05) is 13.1 Å². The maximum absolute atomic E-state index is 3.66. The van der Waals surface area contributed by atoms with Crippen LogP contribution < -0.4 is 5.32 Å². The van der Waals surface area contributed by atoms with Crippen molar-refractivity contribution in [2.45, 2.75) is 65.1 Å². The van der Waals surface area contributed by atoms with Crippen LogP contribution in [0.1, 0.15) is 57.6 Å². The Bertz CT molecular complexity index is 396. The molecule has 1 N–H and O–H groups in total. The molecule has 0 spiro atoms. The van der Waals surface area contributed by atoms with Crippen molar-refractivity contribution in [3.63, 3.8) is 0 Å². The molecule has 2 rings (SSSR count). The Hall–Kier alpha value is -0.860. The van der Waals surface area contributed by atoms with Crippen molar-refractivity contribution >= 4 is 0 Å². The van der Waals surface area contributed by atoms with E-state index < -0.39 is 0 Å². The minimum atomic E-state index is 0.620. The van der Waals surface area contributed by atoms with Crippen molar-refractivity contribution in [3.8, 4) is 0 Å². The van der Waals surface area contributed by atoms with Gasteiger partial charge in [0, 0.05) is 25.2 Å². The van der Waals surface area contributed by atoms with Crippen molar-refractivity contribution in [1.82, 2.24) is 10.2 Å². The van der Waals surface area contributed by atoms with Crippen molar-refractivity contribution in [3.05, 3.63) is 35.4 Å². The molecule has 0 aromatic heterocycles. The second kappa shape index (κ2) is 7.24. The molecule has 1 fully saturated rings. The lowest BCUT2D eigenvalue weighted by Gasteiger charge is -2.29. The van der Waals surface area contributed by atoms with Gasteiger partial charge in [-0.2, -0.15) is 0 Å². The van der Waals surface area contributed by atoms with Gasteiger partial charge in [-0.05, 0) is 43.4 Å². The summed E-state index contributed by atoms with van der Waals surface area (Å²) in [6.07, 6.45) is 2.47. The van der Waals surface area contributed by atoms with Crippen LogP contribution in [0.25, 0.3) is 0 Å². The van der Waals surface area contributed by atoms with Crippen LogP contribution in [0.3, 0.4) is 0 Å². The largest absolute Gasteiger partial charge is 0.313 e. The third-order valence-electron chi connectivity index (χ3n) is 4.60. The molecule has 0 radical (unpaired) electrons. The van der Waals surface area contributed by atoms with E-state index in [1.54, 1.807) is 0 Å². The Balaban J connectivity index is 2.02. The zero-order valence-corrected chi connectivity index (χ0v) is 13.5. The van der Waals surface area contributed by atoms with Gasteiger partial charge in [0.05, 0.1) is 0 Å². The number of benzene rings is 1. The number of hydrogen-bond acceptors (Lipinski definition) is 2. The Labute approximate surface area is 124 Å². The topological polar surface area (TPSA) is 15.3 Å². The summed E-state index contributed by atoms with van der Waals surface area (Å²) in [5.41, 5.74) is 2.88. The standard InChI is InChI=1S/C18H30N2/c1-5-18-13-20(15(4)10-11-19-18)12-16-6-8-17(9-7-16)14(2)3/h6-9,14-15,18-19H,5,10-13H2,1-4H3. The van der Waals surface area contributed by atoms with Crippen LogP contribution in [-0.4, -0.2) is 30.1 Å². The summed E-state index contributed by atoms with van der Waals surface area (Å²) in [5, 5.41) is 3.66. The highest BCUT2D eigenvalue weighted by Crippen LogP contribution is 2.18. The van der Waals surface area contributed by atoms with E-state index in [2.05, 4.69) is 62.2 Å². The van der Waals surface area contributed by atoms with Gasteiger partial charge in [-0.3, -0.25) is 4.90 Å². The van der Waals surface area contributed by atoms with E-state index in [0.29, 0.717) is 18.0 Å². The average molecular weight is 274 g/mol. The lowest BCUT2D eigenvalue weighted by molar-refractivity contribution is 0.194. The van der Waals surface area contributed by atoms with Crippen molar-refractivity contribution < 1.29 is 0 Å². The monoisotopic (exact) mass is 274 g/mol. The first-order valence-corrected chi connectivity index (χ1v) is 8.16. The normalized spacial score (nSPS) is 24.9. The van der Waals surface area contributed by atoms with Crippen LogP contribution in [0.4, 0.5) is 0 Å². The van der Waals surface area contributed by atoms with E-state index in [1.807, 2.05) is 0 Å². The summed E-state index contributed by atoms with van der Waals surface area (Å²) >= 11 is 0. The molecular weight excluding hydrogens is 244 g/mol. The Kier molecular flexibility index (Phi) is 5.62. The van der Waals surface area contributed by atoms with E-state index in [4.69, 9.17) is 0 Å². The fourth-order valence-electron chi connectivity index (χ4n) is 2.94. The van der Waals surface area contributed by atoms with Gasteiger partial charge in [-0.25, -0.2) is 0 Å². The molecule has 1 aliphatic rings. The lowest BCUT2D eigenvalue weighted by atomic mass is 10.0. The van der Waals surface area contributed by atoms with Gasteiger partial charge >= 0.3 is 0 Å². The molecule has 2 atom stereocenters. The zero-order chi connectivity index (χ0) is 14.5. The molecular formula is C18H30N2. The van der Waals surface area contributed by atoms with Gasteiger partial charge in [0.2, 0.25) is 0 Å². The first-order chi connectivity index (χ1) is 9.60. The van der Waals surface area contributed by atoms with Crippen LogP contribution in [0, 0.1) is 0 Å². The van der Waals surface area contributed by atoms with Gasteiger partial charge in [0.1, 0.15) is 0 Å². The molecule has 1 aromatic rings. The van der Waals surface area contributed by atoms with Crippen molar-refractivity contribution in [1.29, 1.82) is 0 Å². The van der Waals surface area contributed by atoms with E-state index in [-0.39, 0.29) is 0 Å². The van der Waals surface area contributed by atoms with Gasteiger partial charge < -0.3 is 5.32 Å². The number of rotatable bonds is 4. The summed E-state index contributed by atoms with van der Waals surface area (Å²) in [6, 6.07) is 10.5. The fraction of sp³-hybridized carbons (Fsp3) is 0.667. The molecule has 112 valence electrons. The minimum absolute atomic E-state index is 0.620. The average Bonchev–Trinajstić information content (AvgIpc) is 2.62. The maximum Gasteiger partial charge on any atom is 0.0237 e. The third kappa shape index (κ3) is 4.07. The predicted octanol–water partition coefficient (Wildman–Crippen LogP) is 3.77. The molecule has 0 saturated carbocycles. The summed E-state index contributed by atoms with van der Waals surface area (Å²) in [5.74, 6) is 0.620.